The van der Waals surface area contributed by atoms with Gasteiger partial charge in [0.25, 0.3) is 0 Å². The van der Waals surface area contributed by atoms with Crippen molar-refractivity contribution in [3.8, 4) is 0 Å². The Balaban J connectivity index is 4.52. The molecule has 1 unspecified atom stereocenters. The largest absolute Gasteiger partial charge is 0.462 e. The van der Waals surface area contributed by atoms with Gasteiger partial charge in [-0.05, 0) is 103 Å². The zero-order valence-electron chi connectivity index (χ0n) is 44.5. The molecule has 390 valence electrons. The van der Waals surface area contributed by atoms with Crippen LogP contribution in [-0.4, -0.2) is 37.2 Å². The lowest BCUT2D eigenvalue weighted by atomic mass is 10.1. The summed E-state index contributed by atoms with van der Waals surface area (Å²) in [5.41, 5.74) is 0. The van der Waals surface area contributed by atoms with Crippen molar-refractivity contribution in [2.24, 2.45) is 0 Å². The number of esters is 3. The number of hydrogen-bond acceptors (Lipinski definition) is 6. The Morgan fingerprint density at radius 2 is 0.652 bits per heavy atom. The second-order valence-electron chi connectivity index (χ2n) is 18.2. The highest BCUT2D eigenvalue weighted by atomic mass is 16.6. The van der Waals surface area contributed by atoms with Crippen LogP contribution in [0.5, 0.6) is 0 Å². The topological polar surface area (TPSA) is 78.9 Å². The third kappa shape index (κ3) is 54.6. The quantitative estimate of drug-likeness (QED) is 0.0199. The van der Waals surface area contributed by atoms with Gasteiger partial charge in [-0.25, -0.2) is 0 Å². The minimum Gasteiger partial charge on any atom is -0.462 e. The maximum absolute atomic E-state index is 12.8. The van der Waals surface area contributed by atoms with E-state index in [1.807, 2.05) is 24.3 Å². The zero-order chi connectivity index (χ0) is 50.0. The molecule has 0 aromatic rings. The Labute approximate surface area is 424 Å². The van der Waals surface area contributed by atoms with Crippen LogP contribution < -0.4 is 0 Å². The van der Waals surface area contributed by atoms with Crippen LogP contribution in [0.25, 0.3) is 0 Å². The van der Waals surface area contributed by atoms with Crippen LogP contribution in [0.4, 0.5) is 0 Å². The smallest absolute Gasteiger partial charge is 0.306 e. The number of carbonyl (C=O) groups is 3. The zero-order valence-corrected chi connectivity index (χ0v) is 44.5. The van der Waals surface area contributed by atoms with Crippen molar-refractivity contribution in [3.63, 3.8) is 0 Å². The van der Waals surface area contributed by atoms with Crippen LogP contribution in [0.2, 0.25) is 0 Å². The molecule has 0 bridgehead atoms. The van der Waals surface area contributed by atoms with Gasteiger partial charge in [-0.3, -0.25) is 14.4 Å². The molecule has 6 nitrogen and oxygen atoms in total. The molecule has 0 aliphatic rings. The highest BCUT2D eigenvalue weighted by molar-refractivity contribution is 5.71. The molecule has 0 aliphatic carbocycles. The summed E-state index contributed by atoms with van der Waals surface area (Å²) < 4.78 is 16.8. The van der Waals surface area contributed by atoms with Crippen molar-refractivity contribution in [2.45, 2.75) is 245 Å². The van der Waals surface area contributed by atoms with Crippen LogP contribution in [-0.2, 0) is 28.6 Å². The molecule has 0 radical (unpaired) electrons. The van der Waals surface area contributed by atoms with Crippen molar-refractivity contribution >= 4 is 17.9 Å². The van der Waals surface area contributed by atoms with E-state index in [2.05, 4.69) is 118 Å². The molecule has 0 saturated heterocycles. The molecule has 69 heavy (non-hydrogen) atoms. The number of rotatable bonds is 49. The van der Waals surface area contributed by atoms with E-state index in [1.54, 1.807) is 0 Å². The monoisotopic (exact) mass is 955 g/mol. The first kappa shape index (κ1) is 64.8. The lowest BCUT2D eigenvalue weighted by Crippen LogP contribution is -2.30. The second-order valence-corrected chi connectivity index (χ2v) is 18.2. The van der Waals surface area contributed by atoms with Crippen LogP contribution >= 0.6 is 0 Å². The molecule has 0 spiro atoms. The summed E-state index contributed by atoms with van der Waals surface area (Å²) in [4.78, 5) is 38.1. The Bertz CT molecular complexity index is 1470. The highest BCUT2D eigenvalue weighted by Crippen LogP contribution is 2.14. The maximum Gasteiger partial charge on any atom is 0.306 e. The van der Waals surface area contributed by atoms with Crippen molar-refractivity contribution in [2.75, 3.05) is 13.2 Å². The van der Waals surface area contributed by atoms with Crippen LogP contribution in [0.15, 0.2) is 122 Å². The van der Waals surface area contributed by atoms with E-state index >= 15 is 0 Å². The number of hydrogen-bond donors (Lipinski definition) is 0. The van der Waals surface area contributed by atoms with E-state index in [9.17, 15) is 14.4 Å². The summed E-state index contributed by atoms with van der Waals surface area (Å²) in [7, 11) is 0. The summed E-state index contributed by atoms with van der Waals surface area (Å²) in [6.45, 7) is 6.31. The third-order valence-electron chi connectivity index (χ3n) is 11.5. The average molecular weight is 956 g/mol. The molecule has 6 heteroatoms. The first-order chi connectivity index (χ1) is 34.0. The van der Waals surface area contributed by atoms with Gasteiger partial charge in [-0.1, -0.05) is 239 Å². The molecule has 0 rings (SSSR count). The summed E-state index contributed by atoms with van der Waals surface area (Å²) in [6, 6.07) is 0. The number of unbranched alkanes of at least 4 members (excludes halogenated alkanes) is 21. The molecule has 0 fully saturated rings. The van der Waals surface area contributed by atoms with Gasteiger partial charge in [0.05, 0.1) is 0 Å². The van der Waals surface area contributed by atoms with Crippen molar-refractivity contribution in [1.29, 1.82) is 0 Å². The molecule has 0 amide bonds. The van der Waals surface area contributed by atoms with E-state index in [0.717, 1.165) is 103 Å². The maximum atomic E-state index is 12.8. The number of carbonyl (C=O) groups excluding carboxylic acids is 3. The van der Waals surface area contributed by atoms with Crippen molar-refractivity contribution in [1.82, 2.24) is 0 Å². The summed E-state index contributed by atoms with van der Waals surface area (Å²) in [5.74, 6) is -1.00. The molecule has 0 aromatic carbocycles. The van der Waals surface area contributed by atoms with Crippen LogP contribution in [0, 0.1) is 0 Å². The Kier molecular flexibility index (Phi) is 53.0. The van der Waals surface area contributed by atoms with E-state index in [4.69, 9.17) is 14.2 Å². The molecular weight excluding hydrogens is 853 g/mol. The van der Waals surface area contributed by atoms with Gasteiger partial charge in [0.1, 0.15) is 13.2 Å². The molecule has 1 atom stereocenters. The van der Waals surface area contributed by atoms with Gasteiger partial charge in [0.15, 0.2) is 6.10 Å². The Hall–Kier alpha value is -4.19. The predicted octanol–water partition coefficient (Wildman–Crippen LogP) is 18.9. The fourth-order valence-electron chi connectivity index (χ4n) is 7.37. The van der Waals surface area contributed by atoms with Gasteiger partial charge in [-0.15, -0.1) is 0 Å². The fourth-order valence-corrected chi connectivity index (χ4v) is 7.37. The van der Waals surface area contributed by atoms with Gasteiger partial charge < -0.3 is 14.2 Å². The van der Waals surface area contributed by atoms with Crippen LogP contribution in [0.1, 0.15) is 239 Å². The SMILES string of the molecule is CC\C=C/C=C\C=C/C=C\CCCCCCCC(=O)OCC(COC(=O)CCCCCCCCC/C=C\CCCCCCCCCC)OC(=O)CCC/C=C\C/C=C\C/C=C\C/C=C\C/C=C\CC. The average Bonchev–Trinajstić information content (AvgIpc) is 3.35. The normalized spacial score (nSPS) is 13.0. The predicted molar refractivity (Wildman–Crippen MR) is 297 cm³/mol. The highest BCUT2D eigenvalue weighted by Gasteiger charge is 2.19. The summed E-state index contributed by atoms with van der Waals surface area (Å²) >= 11 is 0. The molecule has 0 aromatic heterocycles. The van der Waals surface area contributed by atoms with Gasteiger partial charge in [0, 0.05) is 19.3 Å². The molecule has 0 aliphatic heterocycles. The van der Waals surface area contributed by atoms with Gasteiger partial charge in [-0.2, -0.15) is 0 Å². The van der Waals surface area contributed by atoms with E-state index in [1.165, 1.54) is 89.9 Å². The lowest BCUT2D eigenvalue weighted by Gasteiger charge is -2.18. The number of ether oxygens (including phenoxy) is 3. The Morgan fingerprint density at radius 1 is 0.319 bits per heavy atom. The standard InChI is InChI=1S/C63H102O6/c1-4-7-10-13-16-19-22-25-28-30-31-33-35-38-41-44-47-50-53-56-62(65)68-59-60(58-67-61(64)55-52-49-46-43-40-37-34-27-24-21-18-15-12-9-6-3)69-63(66)57-54-51-48-45-42-39-36-32-29-26-23-20-17-14-11-8-5-2/h8-9,11-12,15,17-18,20-21,24,26-27,29-31,34,36,39,45,48,60H,4-7,10,13-14,16,19,22-23,25,28,32-33,35,37-38,40-44,46-47,49-59H2,1-3H3/b11-8-,12-9-,18-15-,20-17-,24-21-,29-26-,31-30-,34-27-,39-36-,48-45-. The molecule has 0 heterocycles. The summed E-state index contributed by atoms with van der Waals surface area (Å²) in [5, 5.41) is 0. The van der Waals surface area contributed by atoms with Gasteiger partial charge >= 0.3 is 17.9 Å². The fraction of sp³-hybridized carbons (Fsp3) is 0.635. The molecule has 0 saturated carbocycles. The Morgan fingerprint density at radius 3 is 1.12 bits per heavy atom. The van der Waals surface area contributed by atoms with E-state index < -0.39 is 6.10 Å². The van der Waals surface area contributed by atoms with Crippen LogP contribution in [0.3, 0.4) is 0 Å². The van der Waals surface area contributed by atoms with Crippen molar-refractivity contribution in [3.05, 3.63) is 122 Å². The minimum absolute atomic E-state index is 0.114. The third-order valence-corrected chi connectivity index (χ3v) is 11.5. The first-order valence-corrected chi connectivity index (χ1v) is 28.1. The lowest BCUT2D eigenvalue weighted by molar-refractivity contribution is -0.167. The summed E-state index contributed by atoms with van der Waals surface area (Å²) in [6.07, 6.45) is 77.6. The minimum atomic E-state index is -0.823. The second kappa shape index (κ2) is 56.4. The molecule has 0 N–H and O–H groups in total. The number of allylic oxidation sites excluding steroid dienone is 20. The van der Waals surface area contributed by atoms with Crippen molar-refractivity contribution < 1.29 is 28.6 Å². The van der Waals surface area contributed by atoms with E-state index in [-0.39, 0.29) is 37.5 Å². The molecular formula is C63H102O6. The van der Waals surface area contributed by atoms with Gasteiger partial charge in [0.2, 0.25) is 0 Å². The van der Waals surface area contributed by atoms with E-state index in [0.29, 0.717) is 19.3 Å². The first-order valence-electron chi connectivity index (χ1n) is 28.1.